The molecular weight excluding hydrogens is 198 g/mol. The summed E-state index contributed by atoms with van der Waals surface area (Å²) in [6, 6.07) is 8.47. The van der Waals surface area contributed by atoms with Crippen LogP contribution in [0.3, 0.4) is 0 Å². The van der Waals surface area contributed by atoms with Crippen molar-refractivity contribution in [1.29, 1.82) is 0 Å². The first kappa shape index (κ1) is 13.2. The standard InChI is InChI=1S/C14H23NO/c1-4-14(5-2,11-16)15-10-13-8-6-7-12(3)9-13/h6-9,15-16H,4-5,10-11H2,1-3H3. The van der Waals surface area contributed by atoms with Crippen LogP contribution in [0.4, 0.5) is 0 Å². The molecule has 1 aromatic carbocycles. The molecule has 0 atom stereocenters. The summed E-state index contributed by atoms with van der Waals surface area (Å²) in [5.41, 5.74) is 2.44. The molecule has 2 heteroatoms. The summed E-state index contributed by atoms with van der Waals surface area (Å²) in [6.07, 6.45) is 1.90. The predicted octanol–water partition coefficient (Wildman–Crippen LogP) is 2.64. The minimum Gasteiger partial charge on any atom is -0.394 e. The number of benzene rings is 1. The molecule has 0 unspecified atom stereocenters. The summed E-state index contributed by atoms with van der Waals surface area (Å²) in [6.45, 7) is 7.35. The molecule has 0 spiro atoms. The average Bonchev–Trinajstić information content (AvgIpc) is 2.32. The van der Waals surface area contributed by atoms with Gasteiger partial charge in [0.05, 0.1) is 6.61 Å². The Morgan fingerprint density at radius 3 is 2.44 bits per heavy atom. The lowest BCUT2D eigenvalue weighted by Gasteiger charge is -2.31. The molecule has 0 bridgehead atoms. The molecule has 0 fully saturated rings. The monoisotopic (exact) mass is 221 g/mol. The highest BCUT2D eigenvalue weighted by Gasteiger charge is 2.23. The van der Waals surface area contributed by atoms with E-state index >= 15 is 0 Å². The van der Waals surface area contributed by atoms with E-state index in [1.165, 1.54) is 11.1 Å². The molecule has 0 aliphatic heterocycles. The van der Waals surface area contributed by atoms with Gasteiger partial charge in [0, 0.05) is 12.1 Å². The highest BCUT2D eigenvalue weighted by molar-refractivity contribution is 5.22. The van der Waals surface area contributed by atoms with Gasteiger partial charge in [-0.1, -0.05) is 43.7 Å². The summed E-state index contributed by atoms with van der Waals surface area (Å²) >= 11 is 0. The SMILES string of the molecule is CCC(CC)(CO)NCc1cccc(C)c1. The Kier molecular flexibility index (Phi) is 4.97. The van der Waals surface area contributed by atoms with Crippen molar-refractivity contribution in [3.05, 3.63) is 35.4 Å². The molecule has 0 radical (unpaired) electrons. The van der Waals surface area contributed by atoms with E-state index in [1.807, 2.05) is 0 Å². The number of hydrogen-bond acceptors (Lipinski definition) is 2. The van der Waals surface area contributed by atoms with Crippen LogP contribution in [0.15, 0.2) is 24.3 Å². The van der Waals surface area contributed by atoms with Crippen LogP contribution >= 0.6 is 0 Å². The molecule has 0 aliphatic rings. The first-order valence-corrected chi connectivity index (χ1v) is 6.07. The number of aliphatic hydroxyl groups excluding tert-OH is 1. The third-order valence-electron chi connectivity index (χ3n) is 3.41. The highest BCUT2D eigenvalue weighted by Crippen LogP contribution is 2.15. The van der Waals surface area contributed by atoms with E-state index in [2.05, 4.69) is 50.4 Å². The highest BCUT2D eigenvalue weighted by atomic mass is 16.3. The molecule has 1 rings (SSSR count). The van der Waals surface area contributed by atoms with Gasteiger partial charge >= 0.3 is 0 Å². The van der Waals surface area contributed by atoms with Crippen LogP contribution in [0.25, 0.3) is 0 Å². The lowest BCUT2D eigenvalue weighted by Crippen LogP contribution is -2.47. The van der Waals surface area contributed by atoms with Gasteiger partial charge in [-0.2, -0.15) is 0 Å². The summed E-state index contributed by atoms with van der Waals surface area (Å²) < 4.78 is 0. The Hall–Kier alpha value is -0.860. The molecule has 90 valence electrons. The fourth-order valence-electron chi connectivity index (χ4n) is 1.89. The quantitative estimate of drug-likeness (QED) is 0.774. The largest absolute Gasteiger partial charge is 0.394 e. The van der Waals surface area contributed by atoms with Crippen LogP contribution in [0.2, 0.25) is 0 Å². The van der Waals surface area contributed by atoms with E-state index in [0.29, 0.717) is 0 Å². The van der Waals surface area contributed by atoms with E-state index in [-0.39, 0.29) is 12.1 Å². The minimum absolute atomic E-state index is 0.121. The van der Waals surface area contributed by atoms with Gasteiger partial charge in [0.2, 0.25) is 0 Å². The molecule has 0 heterocycles. The zero-order valence-corrected chi connectivity index (χ0v) is 10.6. The minimum atomic E-state index is -0.121. The number of aliphatic hydroxyl groups is 1. The lowest BCUT2D eigenvalue weighted by molar-refractivity contribution is 0.149. The maximum atomic E-state index is 9.45. The Bertz CT molecular complexity index is 310. The van der Waals surface area contributed by atoms with Crippen molar-refractivity contribution in [2.45, 2.75) is 45.7 Å². The fourth-order valence-corrected chi connectivity index (χ4v) is 1.89. The van der Waals surface area contributed by atoms with Crippen molar-refractivity contribution in [2.24, 2.45) is 0 Å². The molecule has 16 heavy (non-hydrogen) atoms. The second-order valence-corrected chi connectivity index (χ2v) is 4.49. The summed E-state index contributed by atoms with van der Waals surface area (Å²) in [5, 5.41) is 12.9. The van der Waals surface area contributed by atoms with Crippen molar-refractivity contribution in [3.8, 4) is 0 Å². The summed E-state index contributed by atoms with van der Waals surface area (Å²) in [4.78, 5) is 0. The third kappa shape index (κ3) is 3.32. The molecule has 1 aromatic rings. The van der Waals surface area contributed by atoms with Gasteiger partial charge in [0.1, 0.15) is 0 Å². The summed E-state index contributed by atoms with van der Waals surface area (Å²) in [5.74, 6) is 0. The maximum absolute atomic E-state index is 9.45. The number of nitrogens with one attached hydrogen (secondary N) is 1. The van der Waals surface area contributed by atoms with Gasteiger partial charge in [0.25, 0.3) is 0 Å². The smallest absolute Gasteiger partial charge is 0.0613 e. The van der Waals surface area contributed by atoms with E-state index < -0.39 is 0 Å². The van der Waals surface area contributed by atoms with Crippen molar-refractivity contribution in [2.75, 3.05) is 6.61 Å². The Morgan fingerprint density at radius 2 is 1.94 bits per heavy atom. The van der Waals surface area contributed by atoms with Crippen LogP contribution in [-0.2, 0) is 6.54 Å². The average molecular weight is 221 g/mol. The van der Waals surface area contributed by atoms with Gasteiger partial charge in [-0.05, 0) is 25.3 Å². The van der Waals surface area contributed by atoms with Gasteiger partial charge in [0.15, 0.2) is 0 Å². The zero-order valence-electron chi connectivity index (χ0n) is 10.6. The Balaban J connectivity index is 2.62. The van der Waals surface area contributed by atoms with Crippen molar-refractivity contribution in [1.82, 2.24) is 5.32 Å². The van der Waals surface area contributed by atoms with Crippen molar-refractivity contribution < 1.29 is 5.11 Å². The van der Waals surface area contributed by atoms with Gasteiger partial charge in [-0.15, -0.1) is 0 Å². The second-order valence-electron chi connectivity index (χ2n) is 4.49. The van der Waals surface area contributed by atoms with Crippen molar-refractivity contribution in [3.63, 3.8) is 0 Å². The molecule has 2 N–H and O–H groups in total. The Morgan fingerprint density at radius 1 is 1.25 bits per heavy atom. The van der Waals surface area contributed by atoms with Crippen LogP contribution in [0.1, 0.15) is 37.8 Å². The first-order valence-electron chi connectivity index (χ1n) is 6.07. The number of aryl methyl sites for hydroxylation is 1. The molecule has 0 saturated carbocycles. The van der Waals surface area contributed by atoms with E-state index in [0.717, 1.165) is 19.4 Å². The van der Waals surface area contributed by atoms with Crippen LogP contribution in [-0.4, -0.2) is 17.3 Å². The zero-order chi connectivity index (χ0) is 12.0. The molecule has 2 nitrogen and oxygen atoms in total. The summed E-state index contributed by atoms with van der Waals surface area (Å²) in [7, 11) is 0. The van der Waals surface area contributed by atoms with Crippen LogP contribution < -0.4 is 5.32 Å². The molecule has 0 amide bonds. The molecule has 0 aliphatic carbocycles. The lowest BCUT2D eigenvalue weighted by atomic mass is 9.93. The second kappa shape index (κ2) is 6.02. The molecule has 0 aromatic heterocycles. The predicted molar refractivity (Wildman–Crippen MR) is 68.4 cm³/mol. The van der Waals surface area contributed by atoms with E-state index in [1.54, 1.807) is 0 Å². The maximum Gasteiger partial charge on any atom is 0.0613 e. The third-order valence-corrected chi connectivity index (χ3v) is 3.41. The van der Waals surface area contributed by atoms with Crippen molar-refractivity contribution >= 4 is 0 Å². The number of rotatable bonds is 6. The van der Waals surface area contributed by atoms with E-state index in [9.17, 15) is 5.11 Å². The number of hydrogen-bond donors (Lipinski definition) is 2. The normalized spacial score (nSPS) is 11.8. The molecular formula is C14H23NO. The van der Waals surface area contributed by atoms with Gasteiger partial charge < -0.3 is 10.4 Å². The molecule has 0 saturated heterocycles. The van der Waals surface area contributed by atoms with Crippen LogP contribution in [0, 0.1) is 6.92 Å². The van der Waals surface area contributed by atoms with Crippen LogP contribution in [0.5, 0.6) is 0 Å². The van der Waals surface area contributed by atoms with E-state index in [4.69, 9.17) is 0 Å². The van der Waals surface area contributed by atoms with Gasteiger partial charge in [-0.3, -0.25) is 0 Å². The van der Waals surface area contributed by atoms with Gasteiger partial charge in [-0.25, -0.2) is 0 Å². The first-order chi connectivity index (χ1) is 7.65. The fraction of sp³-hybridized carbons (Fsp3) is 0.571. The Labute approximate surface area is 98.7 Å². The topological polar surface area (TPSA) is 32.3 Å².